The second-order valence-electron chi connectivity index (χ2n) is 5.69. The van der Waals surface area contributed by atoms with Crippen molar-refractivity contribution in [2.45, 2.75) is 26.3 Å². The van der Waals surface area contributed by atoms with Gasteiger partial charge in [-0.25, -0.2) is 12.7 Å². The Labute approximate surface area is 122 Å². The summed E-state index contributed by atoms with van der Waals surface area (Å²) in [5, 5.41) is 3.46. The fourth-order valence-electron chi connectivity index (χ4n) is 2.71. The van der Waals surface area contributed by atoms with Crippen LogP contribution in [0.2, 0.25) is 0 Å². The molecule has 1 aromatic carbocycles. The van der Waals surface area contributed by atoms with Crippen LogP contribution in [0.25, 0.3) is 0 Å². The molecule has 0 spiro atoms. The zero-order valence-electron chi connectivity index (χ0n) is 12.3. The van der Waals surface area contributed by atoms with Gasteiger partial charge in [-0.1, -0.05) is 24.3 Å². The highest BCUT2D eigenvalue weighted by molar-refractivity contribution is 7.88. The van der Waals surface area contributed by atoms with Gasteiger partial charge in [0.15, 0.2) is 0 Å². The SMILES string of the molecule is Cc1ccccc1CNCC1CCCN(S(C)(=O)=O)C1. The molecule has 20 heavy (non-hydrogen) atoms. The molecule has 0 amide bonds. The van der Waals surface area contributed by atoms with Crippen LogP contribution in [0.1, 0.15) is 24.0 Å². The van der Waals surface area contributed by atoms with Crippen LogP contribution in [-0.4, -0.2) is 38.6 Å². The quantitative estimate of drug-likeness (QED) is 0.900. The molecule has 4 nitrogen and oxygen atoms in total. The van der Waals surface area contributed by atoms with Crippen LogP contribution in [0.4, 0.5) is 0 Å². The van der Waals surface area contributed by atoms with E-state index in [9.17, 15) is 8.42 Å². The molecule has 0 bridgehead atoms. The summed E-state index contributed by atoms with van der Waals surface area (Å²) in [6, 6.07) is 8.34. The van der Waals surface area contributed by atoms with Gasteiger partial charge >= 0.3 is 0 Å². The molecule has 1 heterocycles. The second-order valence-corrected chi connectivity index (χ2v) is 7.67. The number of hydrogen-bond acceptors (Lipinski definition) is 3. The number of benzene rings is 1. The first kappa shape index (κ1) is 15.5. The van der Waals surface area contributed by atoms with Crippen molar-refractivity contribution in [2.75, 3.05) is 25.9 Å². The molecule has 1 saturated heterocycles. The molecule has 0 aromatic heterocycles. The van der Waals surface area contributed by atoms with Crippen LogP contribution in [0, 0.1) is 12.8 Å². The zero-order chi connectivity index (χ0) is 14.6. The molecule has 0 saturated carbocycles. The predicted octanol–water partition coefficient (Wildman–Crippen LogP) is 1.76. The van der Waals surface area contributed by atoms with Crippen molar-refractivity contribution >= 4 is 10.0 Å². The van der Waals surface area contributed by atoms with Gasteiger partial charge in [0.25, 0.3) is 0 Å². The van der Waals surface area contributed by atoms with E-state index >= 15 is 0 Å². The van der Waals surface area contributed by atoms with Crippen molar-refractivity contribution in [3.8, 4) is 0 Å². The molecule has 1 unspecified atom stereocenters. The van der Waals surface area contributed by atoms with Gasteiger partial charge in [-0.05, 0) is 43.4 Å². The molecule has 1 aromatic rings. The molecule has 1 N–H and O–H groups in total. The average molecular weight is 296 g/mol. The number of hydrogen-bond donors (Lipinski definition) is 1. The number of nitrogens with one attached hydrogen (secondary N) is 1. The van der Waals surface area contributed by atoms with Gasteiger partial charge in [-0.3, -0.25) is 0 Å². The molecule has 112 valence electrons. The van der Waals surface area contributed by atoms with Gasteiger partial charge in [-0.2, -0.15) is 0 Å². The monoisotopic (exact) mass is 296 g/mol. The molecule has 1 aliphatic heterocycles. The van der Waals surface area contributed by atoms with Crippen molar-refractivity contribution in [3.63, 3.8) is 0 Å². The normalized spacial score (nSPS) is 21.0. The van der Waals surface area contributed by atoms with Gasteiger partial charge < -0.3 is 5.32 Å². The second kappa shape index (κ2) is 6.70. The Kier molecular flexibility index (Phi) is 5.18. The third kappa shape index (κ3) is 4.30. The zero-order valence-corrected chi connectivity index (χ0v) is 13.1. The van der Waals surface area contributed by atoms with E-state index in [1.165, 1.54) is 17.4 Å². The largest absolute Gasteiger partial charge is 0.312 e. The smallest absolute Gasteiger partial charge is 0.211 e. The summed E-state index contributed by atoms with van der Waals surface area (Å²) in [6.07, 6.45) is 3.37. The first-order valence-corrected chi connectivity index (χ1v) is 9.02. The summed E-state index contributed by atoms with van der Waals surface area (Å²) in [7, 11) is -3.04. The summed E-state index contributed by atoms with van der Waals surface area (Å²) in [5.74, 6) is 0.419. The van der Waals surface area contributed by atoms with Gasteiger partial charge in [0.05, 0.1) is 6.26 Å². The van der Waals surface area contributed by atoms with Crippen molar-refractivity contribution in [1.29, 1.82) is 0 Å². The lowest BCUT2D eigenvalue weighted by Crippen LogP contribution is -2.42. The summed E-state index contributed by atoms with van der Waals surface area (Å²) < 4.78 is 24.8. The Bertz CT molecular complexity index is 543. The minimum absolute atomic E-state index is 0.419. The number of piperidine rings is 1. The molecule has 2 rings (SSSR count). The molecule has 1 fully saturated rings. The predicted molar refractivity (Wildman–Crippen MR) is 82.0 cm³/mol. The van der Waals surface area contributed by atoms with Gasteiger partial charge in [0, 0.05) is 19.6 Å². The highest BCUT2D eigenvalue weighted by Crippen LogP contribution is 2.18. The molecule has 0 aliphatic carbocycles. The van der Waals surface area contributed by atoms with E-state index in [2.05, 4.69) is 30.4 Å². The summed E-state index contributed by atoms with van der Waals surface area (Å²) in [6.45, 7) is 5.16. The van der Waals surface area contributed by atoms with Gasteiger partial charge in [0.2, 0.25) is 10.0 Å². The maximum atomic E-state index is 11.6. The molecular formula is C15H24N2O2S. The Morgan fingerprint density at radius 1 is 1.35 bits per heavy atom. The van der Waals surface area contributed by atoms with E-state index in [0.29, 0.717) is 19.0 Å². The third-order valence-electron chi connectivity index (χ3n) is 3.96. The van der Waals surface area contributed by atoms with Crippen molar-refractivity contribution in [1.82, 2.24) is 9.62 Å². The first-order chi connectivity index (χ1) is 9.47. The maximum Gasteiger partial charge on any atom is 0.211 e. The first-order valence-electron chi connectivity index (χ1n) is 7.17. The Hall–Kier alpha value is -0.910. The highest BCUT2D eigenvalue weighted by Gasteiger charge is 2.25. The molecule has 1 aliphatic rings. The lowest BCUT2D eigenvalue weighted by molar-refractivity contribution is 0.261. The highest BCUT2D eigenvalue weighted by atomic mass is 32.2. The Morgan fingerprint density at radius 3 is 2.80 bits per heavy atom. The van der Waals surface area contributed by atoms with E-state index < -0.39 is 10.0 Å². The topological polar surface area (TPSA) is 49.4 Å². The summed E-state index contributed by atoms with van der Waals surface area (Å²) >= 11 is 0. The third-order valence-corrected chi connectivity index (χ3v) is 5.23. The molecule has 5 heteroatoms. The van der Waals surface area contributed by atoms with E-state index in [1.54, 1.807) is 4.31 Å². The number of nitrogens with zero attached hydrogens (tertiary/aromatic N) is 1. The van der Waals surface area contributed by atoms with E-state index in [4.69, 9.17) is 0 Å². The van der Waals surface area contributed by atoms with Crippen LogP contribution in [0.15, 0.2) is 24.3 Å². The van der Waals surface area contributed by atoms with Crippen LogP contribution < -0.4 is 5.32 Å². The van der Waals surface area contributed by atoms with Crippen LogP contribution in [0.5, 0.6) is 0 Å². The fraction of sp³-hybridized carbons (Fsp3) is 0.600. The number of aryl methyl sites for hydroxylation is 1. The maximum absolute atomic E-state index is 11.6. The minimum Gasteiger partial charge on any atom is -0.312 e. The molecule has 1 atom stereocenters. The van der Waals surface area contributed by atoms with Crippen LogP contribution in [-0.2, 0) is 16.6 Å². The minimum atomic E-state index is -3.04. The van der Waals surface area contributed by atoms with Crippen LogP contribution in [0.3, 0.4) is 0 Å². The molecular weight excluding hydrogens is 272 g/mol. The summed E-state index contributed by atoms with van der Waals surface area (Å²) in [4.78, 5) is 0. The van der Waals surface area contributed by atoms with E-state index in [-0.39, 0.29) is 0 Å². The molecule has 0 radical (unpaired) electrons. The standard InChI is InChI=1S/C15H24N2O2S/c1-13-6-3-4-8-15(13)11-16-10-14-7-5-9-17(12-14)20(2,18)19/h3-4,6,8,14,16H,5,7,9-12H2,1-2H3. The number of sulfonamides is 1. The number of rotatable bonds is 5. The lowest BCUT2D eigenvalue weighted by atomic mass is 9.99. The van der Waals surface area contributed by atoms with Gasteiger partial charge in [-0.15, -0.1) is 0 Å². The van der Waals surface area contributed by atoms with Crippen molar-refractivity contribution in [2.24, 2.45) is 5.92 Å². The fourth-order valence-corrected chi connectivity index (χ4v) is 3.66. The van der Waals surface area contributed by atoms with Gasteiger partial charge in [0.1, 0.15) is 0 Å². The van der Waals surface area contributed by atoms with Crippen molar-refractivity contribution in [3.05, 3.63) is 35.4 Å². The Morgan fingerprint density at radius 2 is 2.10 bits per heavy atom. The lowest BCUT2D eigenvalue weighted by Gasteiger charge is -2.31. The van der Waals surface area contributed by atoms with E-state index in [0.717, 1.165) is 25.9 Å². The van der Waals surface area contributed by atoms with E-state index in [1.807, 2.05) is 6.07 Å². The Balaban J connectivity index is 1.81. The summed E-state index contributed by atoms with van der Waals surface area (Å²) in [5.41, 5.74) is 2.60. The van der Waals surface area contributed by atoms with Crippen molar-refractivity contribution < 1.29 is 8.42 Å². The average Bonchev–Trinajstić information content (AvgIpc) is 2.40. The van der Waals surface area contributed by atoms with Crippen LogP contribution >= 0.6 is 0 Å².